The minimum atomic E-state index is -4.02. The Morgan fingerprint density at radius 3 is 2.29 bits per heavy atom. The van der Waals surface area contributed by atoms with Gasteiger partial charge in [0.15, 0.2) is 11.5 Å². The lowest BCUT2D eigenvalue weighted by atomic mass is 9.96. The van der Waals surface area contributed by atoms with Gasteiger partial charge in [0, 0.05) is 27.6 Å². The Kier molecular flexibility index (Phi) is 7.78. The van der Waals surface area contributed by atoms with Crippen molar-refractivity contribution in [1.29, 1.82) is 0 Å². The van der Waals surface area contributed by atoms with Crippen LogP contribution in [0.4, 0.5) is 0 Å². The van der Waals surface area contributed by atoms with Crippen molar-refractivity contribution in [2.75, 3.05) is 14.2 Å². The molecule has 0 saturated carbocycles. The minimum Gasteiger partial charge on any atom is -0.493 e. The van der Waals surface area contributed by atoms with Gasteiger partial charge in [-0.15, -0.1) is 0 Å². The van der Waals surface area contributed by atoms with E-state index >= 15 is 0 Å². The highest BCUT2D eigenvalue weighted by Crippen LogP contribution is 2.35. The van der Waals surface area contributed by atoms with Crippen LogP contribution in [0.5, 0.6) is 11.5 Å². The van der Waals surface area contributed by atoms with Crippen molar-refractivity contribution >= 4 is 50.5 Å². The molecule has 0 bridgehead atoms. The topological polar surface area (TPSA) is 89.0 Å². The molecule has 184 valence electrons. The van der Waals surface area contributed by atoms with E-state index in [2.05, 4.69) is 15.2 Å². The smallest absolute Gasteiger partial charge is 0.241 e. The van der Waals surface area contributed by atoms with Gasteiger partial charge < -0.3 is 14.9 Å². The van der Waals surface area contributed by atoms with Crippen LogP contribution in [0.2, 0.25) is 15.1 Å². The molecule has 0 aliphatic carbocycles. The zero-order valence-corrected chi connectivity index (χ0v) is 21.8. The van der Waals surface area contributed by atoms with Crippen LogP contribution < -0.4 is 19.6 Å². The summed E-state index contributed by atoms with van der Waals surface area (Å²) in [7, 11) is -1.10. The van der Waals surface area contributed by atoms with Gasteiger partial charge >= 0.3 is 0 Å². The Balaban J connectivity index is 1.68. The maximum absolute atomic E-state index is 13.4. The van der Waals surface area contributed by atoms with Crippen molar-refractivity contribution in [1.82, 2.24) is 10.1 Å². The fourth-order valence-corrected chi connectivity index (χ4v) is 5.65. The van der Waals surface area contributed by atoms with E-state index in [-0.39, 0.29) is 10.9 Å². The molecule has 35 heavy (non-hydrogen) atoms. The summed E-state index contributed by atoms with van der Waals surface area (Å²) in [6.07, 6.45) is 0.444. The van der Waals surface area contributed by atoms with E-state index in [1.54, 1.807) is 30.3 Å². The highest BCUT2D eigenvalue weighted by atomic mass is 35.5. The third-order valence-electron chi connectivity index (χ3n) is 5.59. The maximum atomic E-state index is 13.4. The predicted octanol–water partition coefficient (Wildman–Crippen LogP) is 5.77. The van der Waals surface area contributed by atoms with Crippen molar-refractivity contribution in [2.24, 2.45) is 5.10 Å². The van der Waals surface area contributed by atoms with Gasteiger partial charge in [-0.1, -0.05) is 53.0 Å². The zero-order chi connectivity index (χ0) is 25.2. The number of rotatable bonds is 8. The average molecular weight is 555 g/mol. The summed E-state index contributed by atoms with van der Waals surface area (Å²) in [6, 6.07) is 15.7. The van der Waals surface area contributed by atoms with Crippen LogP contribution in [0.1, 0.15) is 29.6 Å². The van der Waals surface area contributed by atoms with Gasteiger partial charge in [0.25, 0.3) is 0 Å². The zero-order valence-electron chi connectivity index (χ0n) is 18.8. The lowest BCUT2D eigenvalue weighted by Crippen LogP contribution is -2.33. The Labute approximate surface area is 219 Å². The van der Waals surface area contributed by atoms with Crippen molar-refractivity contribution in [3.63, 3.8) is 0 Å². The molecular formula is C24H22Cl3N3O4S. The maximum Gasteiger partial charge on any atom is 0.241 e. The summed E-state index contributed by atoms with van der Waals surface area (Å²) in [5.41, 5.74) is 5.15. The summed E-state index contributed by atoms with van der Waals surface area (Å²) in [6.45, 7) is 0. The Morgan fingerprint density at radius 1 is 0.943 bits per heavy atom. The number of hydrazone groups is 1. The quantitative estimate of drug-likeness (QED) is 0.369. The lowest BCUT2D eigenvalue weighted by Gasteiger charge is -2.21. The van der Waals surface area contributed by atoms with Gasteiger partial charge in [-0.2, -0.15) is 9.82 Å². The van der Waals surface area contributed by atoms with E-state index in [0.717, 1.165) is 5.56 Å². The van der Waals surface area contributed by atoms with Crippen LogP contribution in [0.25, 0.3) is 0 Å². The number of hydrogen-bond donors (Lipinski definition) is 2. The van der Waals surface area contributed by atoms with E-state index in [0.29, 0.717) is 44.3 Å². The number of halogens is 3. The first-order valence-electron chi connectivity index (χ1n) is 10.5. The number of benzene rings is 3. The molecule has 7 nitrogen and oxygen atoms in total. The number of ether oxygens (including phenoxy) is 2. The average Bonchev–Trinajstić information content (AvgIpc) is 3.33. The van der Waals surface area contributed by atoms with Crippen molar-refractivity contribution in [3.8, 4) is 11.5 Å². The number of hydrogen-bond acceptors (Lipinski definition) is 6. The number of sulfonamides is 1. The van der Waals surface area contributed by atoms with Gasteiger partial charge in [0.1, 0.15) is 0 Å². The first-order chi connectivity index (χ1) is 16.7. The molecular weight excluding hydrogens is 533 g/mol. The molecule has 2 N–H and O–H groups in total. The fourth-order valence-electron chi connectivity index (χ4n) is 3.78. The Hall–Kier alpha value is -2.49. The van der Waals surface area contributed by atoms with Gasteiger partial charge in [0.2, 0.25) is 10.0 Å². The Morgan fingerprint density at radius 2 is 1.63 bits per heavy atom. The minimum absolute atomic E-state index is 0.00560. The molecule has 1 heterocycles. The Bertz CT molecular complexity index is 1360. The fraction of sp³-hybridized carbons (Fsp3) is 0.208. The first-order valence-corrected chi connectivity index (χ1v) is 13.1. The van der Waals surface area contributed by atoms with E-state index in [4.69, 9.17) is 44.3 Å². The standard InChI is InChI=1S/C24H22Cl3N3O4S/c1-33-22-10-8-17(12-23(22)34-2)35(31,32)30-24(18-9-7-16(26)11-19(18)27)21-13-20(28-29-21)14-3-5-15(25)6-4-14/h3-12,20,24,28,30H,13H2,1-2H3. The molecule has 11 heteroatoms. The number of nitrogens with one attached hydrogen (secondary N) is 2. The third kappa shape index (κ3) is 5.68. The summed E-state index contributed by atoms with van der Waals surface area (Å²) in [4.78, 5) is 0.00560. The van der Waals surface area contributed by atoms with Gasteiger partial charge in [-0.3, -0.25) is 0 Å². The summed E-state index contributed by atoms with van der Waals surface area (Å²) in [5, 5.41) is 5.84. The highest BCUT2D eigenvalue weighted by molar-refractivity contribution is 7.89. The molecule has 2 unspecified atom stereocenters. The second-order valence-corrected chi connectivity index (χ2v) is 10.8. The highest BCUT2D eigenvalue weighted by Gasteiger charge is 2.32. The van der Waals surface area contributed by atoms with E-state index in [9.17, 15) is 8.42 Å². The van der Waals surface area contributed by atoms with Gasteiger partial charge in [0.05, 0.1) is 36.9 Å². The molecule has 0 spiro atoms. The molecule has 2 atom stereocenters. The second kappa shape index (κ2) is 10.6. The van der Waals surface area contributed by atoms with Crippen LogP contribution in [0.15, 0.2) is 70.7 Å². The molecule has 0 radical (unpaired) electrons. The molecule has 3 aromatic carbocycles. The van der Waals surface area contributed by atoms with Crippen molar-refractivity contribution < 1.29 is 17.9 Å². The SMILES string of the molecule is COc1ccc(S(=O)(=O)NC(C2=NNC(c3ccc(Cl)cc3)C2)c2ccc(Cl)cc2Cl)cc1OC. The summed E-state index contributed by atoms with van der Waals surface area (Å²) >= 11 is 18.6. The third-order valence-corrected chi connectivity index (χ3v) is 7.83. The monoisotopic (exact) mass is 553 g/mol. The van der Waals surface area contributed by atoms with Gasteiger partial charge in [-0.25, -0.2) is 8.42 Å². The molecule has 4 rings (SSSR count). The van der Waals surface area contributed by atoms with Gasteiger partial charge in [-0.05, 0) is 47.5 Å². The van der Waals surface area contributed by atoms with Crippen LogP contribution in [0.3, 0.4) is 0 Å². The number of methoxy groups -OCH3 is 2. The first kappa shape index (κ1) is 25.6. The molecule has 0 aromatic heterocycles. The molecule has 1 aliphatic heterocycles. The summed E-state index contributed by atoms with van der Waals surface area (Å²) < 4.78 is 40.1. The second-order valence-electron chi connectivity index (χ2n) is 7.78. The van der Waals surface area contributed by atoms with E-state index in [1.165, 1.54) is 32.4 Å². The summed E-state index contributed by atoms with van der Waals surface area (Å²) in [5.74, 6) is 0.707. The van der Waals surface area contributed by atoms with Crippen molar-refractivity contribution in [3.05, 3.63) is 86.9 Å². The molecule has 0 fully saturated rings. The van der Waals surface area contributed by atoms with Crippen LogP contribution >= 0.6 is 34.8 Å². The molecule has 0 saturated heterocycles. The van der Waals surface area contributed by atoms with E-state index in [1.807, 2.05) is 12.1 Å². The lowest BCUT2D eigenvalue weighted by molar-refractivity contribution is 0.354. The van der Waals surface area contributed by atoms with E-state index < -0.39 is 16.1 Å². The van der Waals surface area contributed by atoms with Crippen molar-refractivity contribution in [2.45, 2.75) is 23.4 Å². The normalized spacial score (nSPS) is 16.4. The predicted molar refractivity (Wildman–Crippen MR) is 138 cm³/mol. The molecule has 1 aliphatic rings. The largest absolute Gasteiger partial charge is 0.493 e. The number of nitrogens with zero attached hydrogens (tertiary/aromatic N) is 1. The molecule has 3 aromatic rings. The van der Waals surface area contributed by atoms with Crippen LogP contribution in [0, 0.1) is 0 Å². The van der Waals surface area contributed by atoms with Crippen LogP contribution in [-0.4, -0.2) is 28.3 Å². The van der Waals surface area contributed by atoms with Crippen LogP contribution in [-0.2, 0) is 10.0 Å². The molecule has 0 amide bonds.